The van der Waals surface area contributed by atoms with Gasteiger partial charge in [-0.05, 0) is 25.5 Å². The van der Waals surface area contributed by atoms with Gasteiger partial charge < -0.3 is 0 Å². The van der Waals surface area contributed by atoms with Crippen molar-refractivity contribution < 1.29 is 0 Å². The van der Waals surface area contributed by atoms with Crippen LogP contribution in [0.15, 0.2) is 23.1 Å². The van der Waals surface area contributed by atoms with Crippen LogP contribution >= 0.6 is 30.1 Å². The lowest BCUT2D eigenvalue weighted by molar-refractivity contribution is 1.27. The fourth-order valence-electron chi connectivity index (χ4n) is 0.886. The number of hydrogen-bond donors (Lipinski definition) is 0. The molecule has 0 radical (unpaired) electrons. The highest BCUT2D eigenvalue weighted by Gasteiger charge is 1.95. The van der Waals surface area contributed by atoms with E-state index in [-0.39, 0.29) is 0 Å². The highest BCUT2D eigenvalue weighted by molar-refractivity contribution is 14.2. The molecule has 0 bridgehead atoms. The minimum atomic E-state index is 1.34. The molecule has 0 fully saturated rings. The predicted molar refractivity (Wildman–Crippen MR) is 55.8 cm³/mol. The van der Waals surface area contributed by atoms with E-state index < -0.39 is 0 Å². The monoisotopic (exact) mass is 264 g/mol. The van der Waals surface area contributed by atoms with Crippen molar-refractivity contribution in [3.63, 3.8) is 0 Å². The Hall–Kier alpha value is 0.300. The van der Waals surface area contributed by atoms with Crippen LogP contribution in [-0.2, 0) is 0 Å². The van der Waals surface area contributed by atoms with E-state index >= 15 is 0 Å². The summed E-state index contributed by atoms with van der Waals surface area (Å²) in [6, 6.07) is 6.52. The molecular formula is C8H9IS. The minimum Gasteiger partial charge on any atom is -0.0582 e. The lowest BCUT2D eigenvalue weighted by Crippen LogP contribution is -1.77. The zero-order valence-electron chi connectivity index (χ0n) is 6.02. The van der Waals surface area contributed by atoms with Gasteiger partial charge in [0, 0.05) is 26.1 Å². The van der Waals surface area contributed by atoms with Crippen molar-refractivity contribution in [3.8, 4) is 0 Å². The molecule has 2 heteroatoms. The number of rotatable bonds is 1. The smallest absolute Gasteiger partial charge is 0.0208 e. The Labute approximate surface area is 78.0 Å². The van der Waals surface area contributed by atoms with Crippen molar-refractivity contribution in [2.75, 3.05) is 0 Å². The van der Waals surface area contributed by atoms with Crippen LogP contribution in [-0.4, -0.2) is 0 Å². The zero-order chi connectivity index (χ0) is 7.56. The molecule has 1 aromatic carbocycles. The van der Waals surface area contributed by atoms with E-state index in [1.54, 1.807) is 8.93 Å². The van der Waals surface area contributed by atoms with Crippen molar-refractivity contribution in [2.24, 2.45) is 0 Å². The summed E-state index contributed by atoms with van der Waals surface area (Å²) < 4.78 is 0. The first-order valence-electron chi connectivity index (χ1n) is 3.10. The third-order valence-electron chi connectivity index (χ3n) is 1.41. The quantitative estimate of drug-likeness (QED) is 0.696. The SMILES string of the molecule is Cc1ccc(SI)c(C)c1. The Kier molecular flexibility index (Phi) is 3.04. The number of hydrogen-bond acceptors (Lipinski definition) is 1. The summed E-state index contributed by atoms with van der Waals surface area (Å²) in [5.41, 5.74) is 2.71. The second kappa shape index (κ2) is 3.62. The van der Waals surface area contributed by atoms with Gasteiger partial charge in [0.1, 0.15) is 0 Å². The van der Waals surface area contributed by atoms with Crippen LogP contribution in [0.4, 0.5) is 0 Å². The molecule has 0 heterocycles. The highest BCUT2D eigenvalue weighted by Crippen LogP contribution is 2.28. The maximum absolute atomic E-state index is 2.31. The standard InChI is InChI=1S/C8H9IS/c1-6-3-4-8(10-9)7(2)5-6/h3-5H,1-2H3. The van der Waals surface area contributed by atoms with E-state index in [1.807, 2.05) is 0 Å². The molecule has 0 atom stereocenters. The Morgan fingerprint density at radius 1 is 1.30 bits per heavy atom. The van der Waals surface area contributed by atoms with Crippen molar-refractivity contribution in [3.05, 3.63) is 29.3 Å². The first-order chi connectivity index (χ1) is 4.74. The van der Waals surface area contributed by atoms with Crippen LogP contribution in [0.1, 0.15) is 11.1 Å². The van der Waals surface area contributed by atoms with E-state index in [0.717, 1.165) is 0 Å². The summed E-state index contributed by atoms with van der Waals surface area (Å²) in [6.45, 7) is 4.27. The molecular weight excluding hydrogens is 255 g/mol. The fraction of sp³-hybridized carbons (Fsp3) is 0.250. The zero-order valence-corrected chi connectivity index (χ0v) is 8.99. The van der Waals surface area contributed by atoms with Gasteiger partial charge in [-0.1, -0.05) is 26.6 Å². The predicted octanol–water partition coefficient (Wildman–Crippen LogP) is 3.75. The maximum atomic E-state index is 2.31. The van der Waals surface area contributed by atoms with Gasteiger partial charge in [-0.15, -0.1) is 0 Å². The Morgan fingerprint density at radius 2 is 2.00 bits per heavy atom. The third kappa shape index (κ3) is 1.89. The molecule has 0 spiro atoms. The van der Waals surface area contributed by atoms with Gasteiger partial charge >= 0.3 is 0 Å². The molecule has 0 aliphatic carbocycles. The topological polar surface area (TPSA) is 0 Å². The van der Waals surface area contributed by atoms with Gasteiger partial charge in [-0.2, -0.15) is 0 Å². The molecule has 0 N–H and O–H groups in total. The van der Waals surface area contributed by atoms with Crippen LogP contribution in [0.5, 0.6) is 0 Å². The maximum Gasteiger partial charge on any atom is 0.0208 e. The Morgan fingerprint density at radius 3 is 2.50 bits per heavy atom. The lowest BCUT2D eigenvalue weighted by atomic mass is 10.2. The van der Waals surface area contributed by atoms with Crippen LogP contribution in [0, 0.1) is 13.8 Å². The first kappa shape index (κ1) is 8.40. The molecule has 0 aliphatic rings. The van der Waals surface area contributed by atoms with Crippen molar-refractivity contribution in [1.29, 1.82) is 0 Å². The summed E-state index contributed by atoms with van der Waals surface area (Å²) in [5, 5.41) is 0. The molecule has 0 saturated heterocycles. The number of aryl methyl sites for hydroxylation is 2. The van der Waals surface area contributed by atoms with E-state index in [1.165, 1.54) is 16.0 Å². The third-order valence-corrected chi connectivity index (χ3v) is 3.46. The molecule has 10 heavy (non-hydrogen) atoms. The molecule has 54 valence electrons. The molecule has 0 unspecified atom stereocenters. The summed E-state index contributed by atoms with van der Waals surface area (Å²) in [5.74, 6) is 0. The van der Waals surface area contributed by atoms with Crippen LogP contribution in [0.25, 0.3) is 0 Å². The van der Waals surface area contributed by atoms with Crippen molar-refractivity contribution >= 4 is 30.1 Å². The first-order valence-corrected chi connectivity index (χ1v) is 6.46. The second-order valence-electron chi connectivity index (χ2n) is 2.35. The summed E-state index contributed by atoms with van der Waals surface area (Å²) >= 11 is 2.31. The number of benzene rings is 1. The summed E-state index contributed by atoms with van der Waals surface area (Å²) in [7, 11) is 1.77. The van der Waals surface area contributed by atoms with Crippen LogP contribution in [0.2, 0.25) is 0 Å². The van der Waals surface area contributed by atoms with Crippen LogP contribution in [0.3, 0.4) is 0 Å². The normalized spacial score (nSPS) is 9.90. The molecule has 0 nitrogen and oxygen atoms in total. The summed E-state index contributed by atoms with van der Waals surface area (Å²) in [4.78, 5) is 1.37. The van der Waals surface area contributed by atoms with E-state index in [4.69, 9.17) is 0 Å². The van der Waals surface area contributed by atoms with Gasteiger partial charge in [0.2, 0.25) is 0 Å². The van der Waals surface area contributed by atoms with E-state index in [0.29, 0.717) is 0 Å². The molecule has 0 amide bonds. The van der Waals surface area contributed by atoms with Gasteiger partial charge in [0.05, 0.1) is 0 Å². The lowest BCUT2D eigenvalue weighted by Gasteiger charge is -2.00. The molecule has 1 aromatic rings. The largest absolute Gasteiger partial charge is 0.0582 e. The van der Waals surface area contributed by atoms with Crippen molar-refractivity contribution in [2.45, 2.75) is 18.7 Å². The van der Waals surface area contributed by atoms with E-state index in [9.17, 15) is 0 Å². The molecule has 0 aromatic heterocycles. The van der Waals surface area contributed by atoms with Gasteiger partial charge in [0.25, 0.3) is 0 Å². The Balaban J connectivity index is 3.07. The molecule has 0 saturated carbocycles. The minimum absolute atomic E-state index is 1.34. The average molecular weight is 264 g/mol. The van der Waals surface area contributed by atoms with Gasteiger partial charge in [-0.25, -0.2) is 0 Å². The average Bonchev–Trinajstić information content (AvgIpc) is 1.88. The van der Waals surface area contributed by atoms with Gasteiger partial charge in [0.15, 0.2) is 0 Å². The molecule has 1 rings (SSSR count). The van der Waals surface area contributed by atoms with Gasteiger partial charge in [-0.3, -0.25) is 0 Å². The summed E-state index contributed by atoms with van der Waals surface area (Å²) in [6.07, 6.45) is 0. The highest BCUT2D eigenvalue weighted by atomic mass is 127. The molecule has 0 aliphatic heterocycles. The van der Waals surface area contributed by atoms with Crippen molar-refractivity contribution in [1.82, 2.24) is 0 Å². The fourth-order valence-corrected chi connectivity index (χ4v) is 2.67. The second-order valence-corrected chi connectivity index (χ2v) is 4.26. The Bertz CT molecular complexity index is 233. The van der Waals surface area contributed by atoms with E-state index in [2.05, 4.69) is 53.3 Å². The van der Waals surface area contributed by atoms with Crippen LogP contribution < -0.4 is 0 Å². The number of halogens is 1.